The third-order valence-corrected chi connectivity index (χ3v) is 34.1. The number of amides is 10. The molecule has 8 aromatic rings. The van der Waals surface area contributed by atoms with Crippen LogP contribution in [0.5, 0.6) is 0 Å². The van der Waals surface area contributed by atoms with Gasteiger partial charge in [0.15, 0.2) is 45.4 Å². The highest BCUT2D eigenvalue weighted by atomic mass is 35.5. The fourth-order valence-corrected chi connectivity index (χ4v) is 22.9. The van der Waals surface area contributed by atoms with E-state index in [4.69, 9.17) is 60.8 Å². The second-order valence-corrected chi connectivity index (χ2v) is 52.9. The van der Waals surface area contributed by atoms with Crippen LogP contribution in [0.1, 0.15) is 399 Å². The number of carbonyl (C=O) groups is 11. The highest BCUT2D eigenvalue weighted by Gasteiger charge is 2.54. The first kappa shape index (κ1) is 113. The van der Waals surface area contributed by atoms with Crippen LogP contribution < -0.4 is 15.4 Å². The molecule has 5 aliphatic carbocycles. The third-order valence-electron chi connectivity index (χ3n) is 32.0. The molecule has 0 spiro atoms. The van der Waals surface area contributed by atoms with Crippen molar-refractivity contribution in [3.05, 3.63) is 117 Å². The van der Waals surface area contributed by atoms with Gasteiger partial charge in [0.25, 0.3) is 35.4 Å². The molecular weight excluding hydrogens is 1970 g/mol. The minimum absolute atomic E-state index is 0.0196. The Balaban J connectivity index is 0.000000157. The van der Waals surface area contributed by atoms with Crippen molar-refractivity contribution in [1.29, 1.82) is 0 Å². The van der Waals surface area contributed by atoms with Crippen molar-refractivity contribution in [3.8, 4) is 0 Å². The van der Waals surface area contributed by atoms with Gasteiger partial charge in [-0.1, -0.05) is 96.9 Å². The molecule has 808 valence electrons. The van der Waals surface area contributed by atoms with E-state index < -0.39 is 106 Å². The molecule has 0 atom stereocenters. The number of hydrogen-bond acceptors (Lipinski definition) is 21. The number of carbonyl (C=O) groups excluding carboxylic acids is 10. The smallest absolute Gasteiger partial charge is 0.309 e. The lowest BCUT2D eigenvalue weighted by Crippen LogP contribution is -2.66. The summed E-state index contributed by atoms with van der Waals surface area (Å²) in [5.41, 5.74) is 5.42. The van der Waals surface area contributed by atoms with Crippen molar-refractivity contribution in [2.24, 2.45) is 16.7 Å². The Bertz CT molecular complexity index is 6450. The predicted molar refractivity (Wildman–Crippen MR) is 554 cm³/mol. The zero-order valence-corrected chi connectivity index (χ0v) is 92.4. The van der Waals surface area contributed by atoms with Crippen molar-refractivity contribution in [2.45, 2.75) is 371 Å². The molecule has 9 aliphatic rings. The van der Waals surface area contributed by atoms with Crippen LogP contribution in [-0.2, 0) is 65.2 Å². The van der Waals surface area contributed by atoms with Gasteiger partial charge in [0.1, 0.15) is 54.3 Å². The Kier molecular flexibility index (Phi) is 31.3. The summed E-state index contributed by atoms with van der Waals surface area (Å²) in [6.45, 7) is 46.1. The van der Waals surface area contributed by atoms with Gasteiger partial charge >= 0.3 is 5.97 Å². The van der Waals surface area contributed by atoms with E-state index in [1.54, 1.807) is 76.5 Å². The first-order valence-corrected chi connectivity index (χ1v) is 54.3. The number of pyridine rings is 4. The van der Waals surface area contributed by atoms with Crippen LogP contribution in [0.3, 0.4) is 0 Å². The number of carboxylic acids is 1. The molecule has 0 radical (unpaired) electrons. The van der Waals surface area contributed by atoms with Gasteiger partial charge in [0.05, 0.1) is 5.41 Å². The maximum atomic E-state index is 13.9. The first-order chi connectivity index (χ1) is 68.3. The fraction of sp³-hybridized carbons (Fsp3) is 0.645. The number of aromatic nitrogens is 4. The number of hydrogen-bond donors (Lipinski definition) is 4. The molecule has 31 nitrogen and oxygen atoms in total. The molecule has 12 heterocycles. The van der Waals surface area contributed by atoms with E-state index in [-0.39, 0.29) is 138 Å². The fourth-order valence-electron chi connectivity index (χ4n) is 21.9. The summed E-state index contributed by atoms with van der Waals surface area (Å²) < 4.78 is 105. The van der Waals surface area contributed by atoms with E-state index in [0.717, 1.165) is 82.6 Å². The number of halogens is 6. The SMILES string of the molecule is CC(C)(C)c1cc(C2CCC(Cl)(Cl)CC2)nc2cc(C(=O)N3CCNC(=O)C3(C)C)oc12.CC1(C(=O)O)CCC(C(=O)N2CCN(C(=O)c3cc4nc(C5CCC(F)(F)CC5)cc(C(C)(C)C)c4o3)C(C)(C)C2=O)CC1.CC1(C)CCC(c2cc(C(C)(C)C)c3oc(C(=O)N4CCNC(=O)C4(C)C)cc3n2)CC1.CNS(=O)(=O)CC(=O)N1CCN(C(=O)c2cc3nc(C4CCC(F)(F)CC4)cc(C(C)(C)C)c3o2)C(C)(C)C1=O. The van der Waals surface area contributed by atoms with Crippen LogP contribution in [0.4, 0.5) is 17.6 Å². The number of piperazine rings is 4. The van der Waals surface area contributed by atoms with Crippen LogP contribution in [0, 0.1) is 16.7 Å². The molecule has 9 fully saturated rings. The van der Waals surface area contributed by atoms with Gasteiger partial charge in [-0.25, -0.2) is 50.6 Å². The molecule has 38 heteroatoms. The van der Waals surface area contributed by atoms with Crippen LogP contribution in [-0.4, -0.2) is 231 Å². The van der Waals surface area contributed by atoms with Gasteiger partial charge in [0, 0.05) is 177 Å². The number of aliphatic carboxylic acids is 1. The van der Waals surface area contributed by atoms with Gasteiger partial charge in [-0.3, -0.25) is 62.5 Å². The lowest BCUT2D eigenvalue weighted by atomic mass is 9.71. The highest BCUT2D eigenvalue weighted by Crippen LogP contribution is 2.51. The van der Waals surface area contributed by atoms with Gasteiger partial charge < -0.3 is 53.0 Å². The molecule has 4 N–H and O–H groups in total. The third kappa shape index (κ3) is 23.7. The Morgan fingerprint density at radius 1 is 0.405 bits per heavy atom. The standard InChI is InChI=1S/C33H43F2N3O6.C27H36F2N4O6S.C26H37N3O3.C24H31Cl2N3O3/c1-30(2,3)21-17-22(19-9-13-33(34,35)14-10-19)36-23-18-24(44-25(21)23)27(40)38-16-15-37(28(41)31(38,4)5)26(39)20-7-11-32(6,12-8-20)29(42)43;1-25(2,3)17-13-18(16-7-9-27(28,29)10-8-16)31-19-14-20(39-22(17)19)23(35)33-12-11-32(24(36)26(33,4)5)21(34)15-40(37,38)30-6;1-24(2,3)17-14-18(16-8-10-25(4,5)11-9-16)28-19-15-20(32-21(17)19)22(30)29-13-12-27-23(31)26(29,6)7;1-22(2,3)15-12-16(14-6-8-24(25,26)9-7-14)28-17-13-18(32-19(15)17)20(30)29-11-10-27-21(31)23(29,4)5/h17-20H,7-16H2,1-6H3,(H,42,43);13-14,16,30H,7-12,15H2,1-6H3;14-16H,8-13H2,1-7H3,(H,27,31);12-14H,6-11H2,1-5H3,(H,27,31). The second-order valence-electron chi connectivity index (χ2n) is 49.3. The van der Waals surface area contributed by atoms with Crippen LogP contribution >= 0.6 is 23.2 Å². The summed E-state index contributed by atoms with van der Waals surface area (Å²) in [6.07, 6.45) is 9.89. The molecule has 148 heavy (non-hydrogen) atoms. The molecule has 10 amide bonds. The van der Waals surface area contributed by atoms with Gasteiger partial charge in [-0.15, -0.1) is 23.2 Å². The maximum Gasteiger partial charge on any atom is 0.309 e. The zero-order chi connectivity index (χ0) is 109. The van der Waals surface area contributed by atoms with E-state index in [2.05, 4.69) is 78.2 Å². The Morgan fingerprint density at radius 3 is 0.973 bits per heavy atom. The topological polar surface area (TPSA) is 402 Å². The summed E-state index contributed by atoms with van der Waals surface area (Å²) in [6, 6.07) is 14.7. The number of imide groups is 2. The highest BCUT2D eigenvalue weighted by molar-refractivity contribution is 7.90. The van der Waals surface area contributed by atoms with E-state index in [0.29, 0.717) is 139 Å². The summed E-state index contributed by atoms with van der Waals surface area (Å²) in [5.74, 6) is -11.0. The van der Waals surface area contributed by atoms with E-state index in [1.807, 2.05) is 58.4 Å². The van der Waals surface area contributed by atoms with Gasteiger partial charge in [-0.2, -0.15) is 0 Å². The molecular formula is C110H147Cl2F4N13O18S. The monoisotopic (exact) mass is 2120 g/mol. The van der Waals surface area contributed by atoms with Crippen molar-refractivity contribution in [2.75, 3.05) is 65.2 Å². The van der Waals surface area contributed by atoms with Gasteiger partial charge in [0.2, 0.25) is 45.5 Å². The molecule has 4 saturated heterocycles. The second kappa shape index (κ2) is 40.9. The Hall–Kier alpha value is -10.5. The summed E-state index contributed by atoms with van der Waals surface area (Å²) in [7, 11) is -2.71. The molecule has 4 aliphatic heterocycles. The zero-order valence-electron chi connectivity index (χ0n) is 90.0. The summed E-state index contributed by atoms with van der Waals surface area (Å²) in [4.78, 5) is 171. The van der Waals surface area contributed by atoms with Crippen molar-refractivity contribution < 1.29 is 101 Å². The number of alkyl halides is 6. The number of fused-ring (bicyclic) bond motifs is 4. The average molecular weight is 2120 g/mol. The quantitative estimate of drug-likeness (QED) is 0.0473. The molecule has 0 aromatic carbocycles. The van der Waals surface area contributed by atoms with Crippen LogP contribution in [0.2, 0.25) is 0 Å². The van der Waals surface area contributed by atoms with E-state index in [1.165, 1.54) is 54.5 Å². The maximum absolute atomic E-state index is 13.9. The Labute approximate surface area is 873 Å². The lowest BCUT2D eigenvalue weighted by molar-refractivity contribution is -0.161. The van der Waals surface area contributed by atoms with E-state index >= 15 is 0 Å². The Morgan fingerprint density at radius 2 is 0.682 bits per heavy atom. The minimum Gasteiger partial charge on any atom is -0.481 e. The molecule has 8 aromatic heterocycles. The van der Waals surface area contributed by atoms with Crippen LogP contribution in [0.25, 0.3) is 44.4 Å². The van der Waals surface area contributed by atoms with Crippen molar-refractivity contribution >= 4 is 143 Å². The van der Waals surface area contributed by atoms with Crippen molar-refractivity contribution in [3.63, 3.8) is 0 Å². The molecule has 0 unspecified atom stereocenters. The van der Waals surface area contributed by atoms with E-state index in [9.17, 15) is 83.8 Å². The molecule has 17 rings (SSSR count). The van der Waals surface area contributed by atoms with Crippen LogP contribution in [0.15, 0.2) is 66.2 Å². The molecule has 0 bridgehead atoms. The lowest BCUT2D eigenvalue weighted by Gasteiger charge is -2.46. The molecule has 5 saturated carbocycles. The number of rotatable bonds is 13. The number of sulfonamides is 1. The largest absolute Gasteiger partial charge is 0.481 e. The number of nitrogens with one attached hydrogen (secondary N) is 3. The average Bonchev–Trinajstić information content (AvgIpc) is 1.56. The van der Waals surface area contributed by atoms with Gasteiger partial charge in [-0.05, 0) is 223 Å². The summed E-state index contributed by atoms with van der Waals surface area (Å²) in [5, 5.41) is 15.2. The number of furan rings is 4. The number of nitrogens with zero attached hydrogens (tertiary/aromatic N) is 10. The summed E-state index contributed by atoms with van der Waals surface area (Å²) >= 11 is 12.7. The normalized spacial score (nSPS) is 22.6. The van der Waals surface area contributed by atoms with Crippen molar-refractivity contribution in [1.82, 2.24) is 64.7 Å². The number of carboxylic acid groups (broad SMARTS) is 1. The first-order valence-electron chi connectivity index (χ1n) is 51.9. The minimum atomic E-state index is -3.88. The predicted octanol–water partition coefficient (Wildman–Crippen LogP) is 20.3.